The molecule has 1 aromatic rings. The van der Waals surface area contributed by atoms with E-state index in [0.29, 0.717) is 43.9 Å². The zero-order valence-electron chi connectivity index (χ0n) is 18.4. The Labute approximate surface area is 185 Å². The van der Waals surface area contributed by atoms with Crippen molar-refractivity contribution < 1.29 is 22.7 Å². The molecule has 1 aliphatic heterocycles. The number of amides is 1. The maximum Gasteiger partial charge on any atom is 0.331 e. The first-order valence-electron chi connectivity index (χ1n) is 11.4. The molecule has 7 nitrogen and oxygen atoms in total. The Kier molecular flexibility index (Phi) is 8.11. The minimum absolute atomic E-state index is 0.181. The van der Waals surface area contributed by atoms with Crippen LogP contribution in [0.3, 0.4) is 0 Å². The molecule has 31 heavy (non-hydrogen) atoms. The second kappa shape index (κ2) is 10.6. The molecular formula is C23H34N2O5S. The first-order chi connectivity index (χ1) is 14.9. The van der Waals surface area contributed by atoms with Crippen molar-refractivity contribution in [3.05, 3.63) is 29.8 Å². The molecule has 1 saturated heterocycles. The number of nitrogens with zero attached hydrogens (tertiary/aromatic N) is 1. The van der Waals surface area contributed by atoms with E-state index in [1.165, 1.54) is 0 Å². The van der Waals surface area contributed by atoms with Gasteiger partial charge in [0.05, 0.1) is 11.5 Å². The van der Waals surface area contributed by atoms with Gasteiger partial charge in [-0.2, -0.15) is 4.31 Å². The highest BCUT2D eigenvalue weighted by molar-refractivity contribution is 7.89. The first-order valence-corrected chi connectivity index (χ1v) is 12.9. The van der Waals surface area contributed by atoms with E-state index >= 15 is 0 Å². The summed E-state index contributed by atoms with van der Waals surface area (Å²) in [7, 11) is -3.45. The van der Waals surface area contributed by atoms with Crippen LogP contribution in [-0.4, -0.2) is 49.8 Å². The van der Waals surface area contributed by atoms with E-state index in [2.05, 4.69) is 5.32 Å². The number of carbonyl (C=O) groups is 2. The van der Waals surface area contributed by atoms with Gasteiger partial charge in [-0.15, -0.1) is 0 Å². The largest absolute Gasteiger partial charge is 0.464 e. The molecule has 0 bridgehead atoms. The number of rotatable bonds is 8. The molecule has 1 saturated carbocycles. The van der Waals surface area contributed by atoms with Crippen molar-refractivity contribution in [1.82, 2.24) is 9.62 Å². The van der Waals surface area contributed by atoms with Gasteiger partial charge in [0.1, 0.15) is 5.54 Å². The number of benzene rings is 1. The van der Waals surface area contributed by atoms with Crippen molar-refractivity contribution in [3.63, 3.8) is 0 Å². The fraction of sp³-hybridized carbons (Fsp3) is 0.652. The molecule has 0 spiro atoms. The summed E-state index contributed by atoms with van der Waals surface area (Å²) in [5.74, 6) is -0.518. The third-order valence-corrected chi connectivity index (χ3v) is 8.18. The Bertz CT molecular complexity index is 854. The lowest BCUT2D eigenvalue weighted by atomic mass is 9.81. The molecule has 0 radical (unpaired) electrons. The first kappa shape index (κ1) is 23.7. The summed E-state index contributed by atoms with van der Waals surface area (Å²) in [6.45, 7) is 3.22. The van der Waals surface area contributed by atoms with Crippen LogP contribution in [-0.2, 0) is 30.8 Å². The Morgan fingerprint density at radius 1 is 1.00 bits per heavy atom. The van der Waals surface area contributed by atoms with E-state index in [-0.39, 0.29) is 18.3 Å². The van der Waals surface area contributed by atoms with E-state index in [1.807, 2.05) is 0 Å². The van der Waals surface area contributed by atoms with E-state index < -0.39 is 15.6 Å². The third-order valence-electron chi connectivity index (χ3n) is 6.27. The Hall–Kier alpha value is -1.93. The smallest absolute Gasteiger partial charge is 0.331 e. The number of ether oxygens (including phenoxy) is 1. The van der Waals surface area contributed by atoms with Crippen LogP contribution in [0.15, 0.2) is 29.2 Å². The zero-order valence-corrected chi connectivity index (χ0v) is 19.2. The summed E-state index contributed by atoms with van der Waals surface area (Å²) in [5.41, 5.74) is -0.0147. The van der Waals surface area contributed by atoms with Crippen molar-refractivity contribution in [2.24, 2.45) is 0 Å². The lowest BCUT2D eigenvalue weighted by molar-refractivity contribution is -0.155. The highest BCUT2D eigenvalue weighted by Crippen LogP contribution is 2.30. The van der Waals surface area contributed by atoms with Gasteiger partial charge in [-0.3, -0.25) is 4.79 Å². The average molecular weight is 451 g/mol. The summed E-state index contributed by atoms with van der Waals surface area (Å²) in [4.78, 5) is 25.4. The molecule has 0 unspecified atom stereocenters. The summed E-state index contributed by atoms with van der Waals surface area (Å²) in [6, 6.07) is 6.79. The van der Waals surface area contributed by atoms with E-state index in [0.717, 1.165) is 44.1 Å². The topological polar surface area (TPSA) is 92.8 Å². The molecule has 8 heteroatoms. The van der Waals surface area contributed by atoms with E-state index in [9.17, 15) is 18.0 Å². The Balaban J connectivity index is 1.58. The van der Waals surface area contributed by atoms with Gasteiger partial charge < -0.3 is 10.1 Å². The number of hydrogen-bond acceptors (Lipinski definition) is 5. The average Bonchev–Trinajstić information content (AvgIpc) is 2.79. The van der Waals surface area contributed by atoms with Crippen LogP contribution in [0.1, 0.15) is 70.3 Å². The summed E-state index contributed by atoms with van der Waals surface area (Å²) >= 11 is 0. The quantitative estimate of drug-likeness (QED) is 0.614. The van der Waals surface area contributed by atoms with Gasteiger partial charge in [-0.05, 0) is 56.7 Å². The predicted octanol–water partition coefficient (Wildman–Crippen LogP) is 3.18. The van der Waals surface area contributed by atoms with Gasteiger partial charge in [0.25, 0.3) is 0 Å². The molecular weight excluding hydrogens is 416 g/mol. The molecule has 1 aromatic carbocycles. The second-order valence-electron chi connectivity index (χ2n) is 8.52. The minimum atomic E-state index is -3.45. The predicted molar refractivity (Wildman–Crippen MR) is 118 cm³/mol. The van der Waals surface area contributed by atoms with Crippen LogP contribution in [0.25, 0.3) is 0 Å². The van der Waals surface area contributed by atoms with Gasteiger partial charge in [0, 0.05) is 19.5 Å². The molecule has 172 valence electrons. The van der Waals surface area contributed by atoms with E-state index in [1.54, 1.807) is 35.5 Å². The lowest BCUT2D eigenvalue weighted by Crippen LogP contribution is -2.56. The number of piperidine rings is 1. The number of nitrogens with one attached hydrogen (secondary N) is 1. The monoisotopic (exact) mass is 450 g/mol. The molecule has 2 aliphatic rings. The number of esters is 1. The molecule has 3 rings (SSSR count). The van der Waals surface area contributed by atoms with E-state index in [4.69, 9.17) is 4.74 Å². The molecule has 1 amide bonds. The van der Waals surface area contributed by atoms with Crippen LogP contribution in [0.4, 0.5) is 0 Å². The highest BCUT2D eigenvalue weighted by Gasteiger charge is 2.42. The number of hydrogen-bond donors (Lipinski definition) is 1. The van der Waals surface area contributed by atoms with Crippen LogP contribution < -0.4 is 5.32 Å². The van der Waals surface area contributed by atoms with Crippen molar-refractivity contribution in [1.29, 1.82) is 0 Å². The Morgan fingerprint density at radius 3 is 2.23 bits per heavy atom. The standard InChI is InChI=1S/C23H34N2O5S/c1-2-30-22(27)23(15-5-3-6-16-23)24-21(26)14-11-19-9-12-20(13-10-19)31(28,29)25-17-7-4-8-18-25/h9-10,12-13H,2-8,11,14-18H2,1H3,(H,24,26). The van der Waals surface area contributed by atoms with Crippen molar-refractivity contribution in [3.8, 4) is 0 Å². The molecule has 2 fully saturated rings. The second-order valence-corrected chi connectivity index (χ2v) is 10.5. The van der Waals surface area contributed by atoms with Gasteiger partial charge in [-0.1, -0.05) is 37.8 Å². The highest BCUT2D eigenvalue weighted by atomic mass is 32.2. The molecule has 1 aliphatic carbocycles. The summed E-state index contributed by atoms with van der Waals surface area (Å²) in [5, 5.41) is 2.95. The Morgan fingerprint density at radius 2 is 1.61 bits per heavy atom. The molecule has 0 atom stereocenters. The maximum atomic E-state index is 12.8. The van der Waals surface area contributed by atoms with Crippen molar-refractivity contribution >= 4 is 21.9 Å². The van der Waals surface area contributed by atoms with Crippen molar-refractivity contribution in [2.75, 3.05) is 19.7 Å². The van der Waals surface area contributed by atoms with Crippen LogP contribution in [0.2, 0.25) is 0 Å². The molecule has 1 heterocycles. The SMILES string of the molecule is CCOC(=O)C1(NC(=O)CCc2ccc(S(=O)(=O)N3CCCCC3)cc2)CCCCC1. The van der Waals surface area contributed by atoms with Crippen LogP contribution >= 0.6 is 0 Å². The fourth-order valence-corrected chi connectivity index (χ4v) is 5.99. The minimum Gasteiger partial charge on any atom is -0.464 e. The van der Waals surface area contributed by atoms with Gasteiger partial charge in [0.2, 0.25) is 15.9 Å². The fourth-order valence-electron chi connectivity index (χ4n) is 4.47. The zero-order chi connectivity index (χ0) is 22.3. The number of carbonyl (C=O) groups excluding carboxylic acids is 2. The number of aryl methyl sites for hydroxylation is 1. The third kappa shape index (κ3) is 5.86. The summed E-state index contributed by atoms with van der Waals surface area (Å²) in [6.07, 6.45) is 7.67. The van der Waals surface area contributed by atoms with Gasteiger partial charge in [0.15, 0.2) is 0 Å². The maximum absolute atomic E-state index is 12.8. The van der Waals surface area contributed by atoms with Crippen LogP contribution in [0.5, 0.6) is 0 Å². The van der Waals surface area contributed by atoms with Crippen molar-refractivity contribution in [2.45, 2.75) is 81.6 Å². The summed E-state index contributed by atoms with van der Waals surface area (Å²) < 4.78 is 32.3. The van der Waals surface area contributed by atoms with Crippen LogP contribution in [0, 0.1) is 0 Å². The van der Waals surface area contributed by atoms with Gasteiger partial charge in [-0.25, -0.2) is 13.2 Å². The molecule has 1 N–H and O–H groups in total. The van der Waals surface area contributed by atoms with Gasteiger partial charge >= 0.3 is 5.97 Å². The number of sulfonamides is 1. The molecule has 0 aromatic heterocycles. The lowest BCUT2D eigenvalue weighted by Gasteiger charge is -2.35. The normalized spacial score (nSPS) is 19.5.